The van der Waals surface area contributed by atoms with E-state index >= 15 is 0 Å². The molecule has 110 valence electrons. The maximum absolute atomic E-state index is 11.9. The summed E-state index contributed by atoms with van der Waals surface area (Å²) in [5.74, 6) is -0.257. The Morgan fingerprint density at radius 2 is 2.24 bits per heavy atom. The van der Waals surface area contributed by atoms with Gasteiger partial charge in [0.25, 0.3) is 0 Å². The van der Waals surface area contributed by atoms with E-state index in [0.717, 1.165) is 0 Å². The van der Waals surface area contributed by atoms with Gasteiger partial charge in [-0.3, -0.25) is 4.79 Å². The number of aromatic nitrogens is 2. The molecule has 1 atom stereocenters. The van der Waals surface area contributed by atoms with E-state index < -0.39 is 5.97 Å². The summed E-state index contributed by atoms with van der Waals surface area (Å²) in [6.07, 6.45) is 3.21. The number of aromatic amines is 1. The molecule has 0 aliphatic carbocycles. The fourth-order valence-corrected chi connectivity index (χ4v) is 1.88. The van der Waals surface area contributed by atoms with Gasteiger partial charge in [-0.2, -0.15) is 0 Å². The Kier molecular flexibility index (Phi) is 4.55. The van der Waals surface area contributed by atoms with Crippen molar-refractivity contribution >= 4 is 17.7 Å². The van der Waals surface area contributed by atoms with Crippen LogP contribution in [-0.4, -0.2) is 27.1 Å². The number of rotatable bonds is 5. The van der Waals surface area contributed by atoms with E-state index in [9.17, 15) is 9.59 Å². The number of carbonyl (C=O) groups excluding carboxylic acids is 1. The van der Waals surface area contributed by atoms with Crippen molar-refractivity contribution in [3.63, 3.8) is 0 Å². The van der Waals surface area contributed by atoms with Gasteiger partial charge in [0.15, 0.2) is 0 Å². The third-order valence-corrected chi connectivity index (χ3v) is 2.82. The number of nitrogens with one attached hydrogen (secondary N) is 3. The van der Waals surface area contributed by atoms with Crippen molar-refractivity contribution in [2.24, 2.45) is 0 Å². The number of hydrogen-bond donors (Lipinski definition) is 4. The molecule has 21 heavy (non-hydrogen) atoms. The molecule has 2 rings (SSSR count). The van der Waals surface area contributed by atoms with E-state index in [0.29, 0.717) is 17.1 Å². The summed E-state index contributed by atoms with van der Waals surface area (Å²) in [6, 6.07) is 6.08. The highest BCUT2D eigenvalue weighted by Gasteiger charge is 2.11. The molecule has 7 heteroatoms. The Morgan fingerprint density at radius 1 is 1.43 bits per heavy atom. The number of amides is 2. The second-order valence-corrected chi connectivity index (χ2v) is 4.57. The fourth-order valence-electron chi connectivity index (χ4n) is 1.88. The van der Waals surface area contributed by atoms with Crippen LogP contribution in [0.5, 0.6) is 0 Å². The van der Waals surface area contributed by atoms with Crippen molar-refractivity contribution in [1.82, 2.24) is 15.3 Å². The van der Waals surface area contributed by atoms with Crippen molar-refractivity contribution in [2.75, 3.05) is 5.32 Å². The van der Waals surface area contributed by atoms with Gasteiger partial charge in [0.1, 0.15) is 5.82 Å². The predicted molar refractivity (Wildman–Crippen MR) is 76.9 cm³/mol. The largest absolute Gasteiger partial charge is 0.481 e. The summed E-state index contributed by atoms with van der Waals surface area (Å²) in [6.45, 7) is 1.80. The lowest BCUT2D eigenvalue weighted by molar-refractivity contribution is -0.136. The van der Waals surface area contributed by atoms with Gasteiger partial charge in [-0.25, -0.2) is 9.78 Å². The summed E-state index contributed by atoms with van der Waals surface area (Å²) in [4.78, 5) is 29.5. The van der Waals surface area contributed by atoms with Gasteiger partial charge in [-0.05, 0) is 24.6 Å². The highest BCUT2D eigenvalue weighted by atomic mass is 16.4. The first-order valence-corrected chi connectivity index (χ1v) is 6.42. The average molecular weight is 288 g/mol. The first-order valence-electron chi connectivity index (χ1n) is 6.42. The van der Waals surface area contributed by atoms with Gasteiger partial charge in [0, 0.05) is 18.1 Å². The molecule has 0 spiro atoms. The first-order chi connectivity index (χ1) is 10.0. The zero-order chi connectivity index (χ0) is 15.2. The Morgan fingerprint density at radius 3 is 2.90 bits per heavy atom. The summed E-state index contributed by atoms with van der Waals surface area (Å²) in [5.41, 5.74) is 1.16. The molecule has 0 saturated heterocycles. The van der Waals surface area contributed by atoms with Crippen molar-refractivity contribution in [3.8, 4) is 0 Å². The lowest BCUT2D eigenvalue weighted by Crippen LogP contribution is -2.31. The van der Waals surface area contributed by atoms with Crippen LogP contribution in [0.1, 0.15) is 24.4 Å². The number of hydrogen-bond acceptors (Lipinski definition) is 3. The van der Waals surface area contributed by atoms with Crippen LogP contribution in [0, 0.1) is 0 Å². The molecule has 0 saturated carbocycles. The molecule has 0 radical (unpaired) electrons. The third-order valence-electron chi connectivity index (χ3n) is 2.82. The Balaban J connectivity index is 1.94. The van der Waals surface area contributed by atoms with E-state index in [2.05, 4.69) is 20.6 Å². The molecular formula is C14H16N4O3. The molecule has 1 aromatic heterocycles. The van der Waals surface area contributed by atoms with Gasteiger partial charge in [-0.15, -0.1) is 0 Å². The lowest BCUT2D eigenvalue weighted by atomic mass is 10.1. The number of imidazole rings is 1. The summed E-state index contributed by atoms with van der Waals surface area (Å²) >= 11 is 0. The minimum absolute atomic E-state index is 0.0834. The molecule has 0 bridgehead atoms. The Bertz CT molecular complexity index is 625. The summed E-state index contributed by atoms with van der Waals surface area (Å²) < 4.78 is 0. The van der Waals surface area contributed by atoms with Crippen LogP contribution in [0.3, 0.4) is 0 Å². The Hall–Kier alpha value is -2.83. The van der Waals surface area contributed by atoms with Crippen molar-refractivity contribution in [3.05, 3.63) is 48.0 Å². The molecule has 2 amide bonds. The minimum Gasteiger partial charge on any atom is -0.481 e. The minimum atomic E-state index is -0.914. The molecule has 1 heterocycles. The van der Waals surface area contributed by atoms with Gasteiger partial charge < -0.3 is 20.7 Å². The normalized spacial score (nSPS) is 11.7. The van der Waals surface area contributed by atoms with Crippen molar-refractivity contribution in [2.45, 2.75) is 19.4 Å². The van der Waals surface area contributed by atoms with Crippen molar-refractivity contribution < 1.29 is 14.7 Å². The topological polar surface area (TPSA) is 107 Å². The zero-order valence-electron chi connectivity index (χ0n) is 11.5. The molecule has 7 nitrogen and oxygen atoms in total. The number of nitrogens with zero attached hydrogens (tertiary/aromatic N) is 1. The number of benzene rings is 1. The summed E-state index contributed by atoms with van der Waals surface area (Å²) in [7, 11) is 0. The second-order valence-electron chi connectivity index (χ2n) is 4.57. The first kappa shape index (κ1) is 14.6. The van der Waals surface area contributed by atoms with Crippen LogP contribution in [0.15, 0.2) is 36.7 Å². The average Bonchev–Trinajstić information content (AvgIpc) is 2.91. The van der Waals surface area contributed by atoms with Crippen LogP contribution in [-0.2, 0) is 11.2 Å². The summed E-state index contributed by atoms with van der Waals surface area (Å²) in [5, 5.41) is 14.1. The smallest absolute Gasteiger partial charge is 0.319 e. The SMILES string of the molecule is CC(NC(=O)Nc1cccc(CC(=O)O)c1)c1ncc[nH]1. The molecule has 4 N–H and O–H groups in total. The molecule has 1 aromatic carbocycles. The van der Waals surface area contributed by atoms with E-state index in [1.165, 1.54) is 0 Å². The van der Waals surface area contributed by atoms with Crippen LogP contribution >= 0.6 is 0 Å². The van der Waals surface area contributed by atoms with Crippen molar-refractivity contribution in [1.29, 1.82) is 0 Å². The maximum atomic E-state index is 11.9. The molecule has 1 unspecified atom stereocenters. The Labute approximate surface area is 121 Å². The van der Waals surface area contributed by atoms with Gasteiger partial charge in [-0.1, -0.05) is 12.1 Å². The second kappa shape index (κ2) is 6.56. The number of aliphatic carboxylic acids is 1. The number of carbonyl (C=O) groups is 2. The third kappa shape index (κ3) is 4.34. The van der Waals surface area contributed by atoms with Gasteiger partial charge in [0.2, 0.25) is 0 Å². The van der Waals surface area contributed by atoms with Crippen LogP contribution in [0.2, 0.25) is 0 Å². The monoisotopic (exact) mass is 288 g/mol. The number of carboxylic acids is 1. The lowest BCUT2D eigenvalue weighted by Gasteiger charge is -2.13. The highest BCUT2D eigenvalue weighted by Crippen LogP contribution is 2.12. The zero-order valence-corrected chi connectivity index (χ0v) is 11.5. The number of carboxylic acid groups (broad SMARTS) is 1. The molecular weight excluding hydrogens is 272 g/mol. The fraction of sp³-hybridized carbons (Fsp3) is 0.214. The molecule has 0 aliphatic rings. The van der Waals surface area contributed by atoms with E-state index in [1.54, 1.807) is 43.6 Å². The number of urea groups is 1. The molecule has 0 fully saturated rings. The quantitative estimate of drug-likeness (QED) is 0.674. The van der Waals surface area contributed by atoms with Gasteiger partial charge >= 0.3 is 12.0 Å². The van der Waals surface area contributed by atoms with E-state index in [-0.39, 0.29) is 18.5 Å². The van der Waals surface area contributed by atoms with E-state index in [1.807, 2.05) is 0 Å². The van der Waals surface area contributed by atoms with Crippen LogP contribution in [0.25, 0.3) is 0 Å². The number of H-pyrrole nitrogens is 1. The molecule has 2 aromatic rings. The maximum Gasteiger partial charge on any atom is 0.319 e. The van der Waals surface area contributed by atoms with E-state index in [4.69, 9.17) is 5.11 Å². The standard InChI is InChI=1S/C14H16N4O3/c1-9(13-15-5-6-16-13)17-14(21)18-11-4-2-3-10(7-11)8-12(19)20/h2-7,9H,8H2,1H3,(H,15,16)(H,19,20)(H2,17,18,21). The highest BCUT2D eigenvalue weighted by molar-refractivity contribution is 5.89. The van der Waals surface area contributed by atoms with Crippen LogP contribution in [0.4, 0.5) is 10.5 Å². The predicted octanol–water partition coefficient (Wildman–Crippen LogP) is 1.92. The number of anilines is 1. The van der Waals surface area contributed by atoms with Crippen LogP contribution < -0.4 is 10.6 Å². The molecule has 0 aliphatic heterocycles. The van der Waals surface area contributed by atoms with Gasteiger partial charge in [0.05, 0.1) is 12.5 Å².